The molecule has 0 aliphatic heterocycles. The van der Waals surface area contributed by atoms with Crippen LogP contribution in [0.5, 0.6) is 0 Å². The molecule has 0 radical (unpaired) electrons. The second-order valence-electron chi connectivity index (χ2n) is 4.67. The van der Waals surface area contributed by atoms with E-state index in [0.29, 0.717) is 10.0 Å². The molecule has 2 aromatic carbocycles. The standard InChI is InChI=1S/C16H13BrFN3/c1-19-16(11-3-2-4-12(17)15(11)18)10-5-6-13-14(9-10)21-8-7-20-13/h2-9,16,19H,1H3. The summed E-state index contributed by atoms with van der Waals surface area (Å²) in [5.74, 6) is -0.254. The van der Waals surface area contributed by atoms with Gasteiger partial charge in [-0.15, -0.1) is 0 Å². The molecule has 3 aromatic rings. The SMILES string of the molecule is CNC(c1ccc2nccnc2c1)c1cccc(Br)c1F. The highest BCUT2D eigenvalue weighted by atomic mass is 79.9. The van der Waals surface area contributed by atoms with Crippen molar-refractivity contribution in [1.29, 1.82) is 0 Å². The fourth-order valence-electron chi connectivity index (χ4n) is 2.41. The number of hydrogen-bond donors (Lipinski definition) is 1. The lowest BCUT2D eigenvalue weighted by atomic mass is 9.98. The van der Waals surface area contributed by atoms with Crippen molar-refractivity contribution in [1.82, 2.24) is 15.3 Å². The van der Waals surface area contributed by atoms with Gasteiger partial charge in [-0.1, -0.05) is 18.2 Å². The molecule has 1 N–H and O–H groups in total. The fraction of sp³-hybridized carbons (Fsp3) is 0.125. The second-order valence-corrected chi connectivity index (χ2v) is 5.52. The molecule has 0 saturated heterocycles. The third-order valence-electron chi connectivity index (χ3n) is 3.41. The molecular formula is C16H13BrFN3. The Labute approximate surface area is 130 Å². The van der Waals surface area contributed by atoms with Crippen molar-refractivity contribution in [2.24, 2.45) is 0 Å². The van der Waals surface area contributed by atoms with Gasteiger partial charge in [0.25, 0.3) is 0 Å². The molecule has 1 unspecified atom stereocenters. The van der Waals surface area contributed by atoms with Crippen LogP contribution in [0.1, 0.15) is 17.2 Å². The number of nitrogens with zero attached hydrogens (tertiary/aromatic N) is 2. The van der Waals surface area contributed by atoms with E-state index in [4.69, 9.17) is 0 Å². The van der Waals surface area contributed by atoms with Gasteiger partial charge in [-0.25, -0.2) is 4.39 Å². The average molecular weight is 346 g/mol. The molecule has 1 aromatic heterocycles. The molecule has 0 bridgehead atoms. The summed E-state index contributed by atoms with van der Waals surface area (Å²) in [4.78, 5) is 8.55. The minimum atomic E-state index is -0.254. The first-order valence-corrected chi connectivity index (χ1v) is 7.32. The van der Waals surface area contributed by atoms with Gasteiger partial charge >= 0.3 is 0 Å². The lowest BCUT2D eigenvalue weighted by Crippen LogP contribution is -2.19. The van der Waals surface area contributed by atoms with Crippen molar-refractivity contribution < 1.29 is 4.39 Å². The van der Waals surface area contributed by atoms with Crippen LogP contribution in [-0.4, -0.2) is 17.0 Å². The maximum atomic E-state index is 14.3. The van der Waals surface area contributed by atoms with Crippen molar-refractivity contribution in [3.63, 3.8) is 0 Å². The summed E-state index contributed by atoms with van der Waals surface area (Å²) in [6.45, 7) is 0. The quantitative estimate of drug-likeness (QED) is 0.783. The van der Waals surface area contributed by atoms with E-state index in [1.165, 1.54) is 0 Å². The van der Waals surface area contributed by atoms with Crippen molar-refractivity contribution >= 4 is 27.0 Å². The summed E-state index contributed by atoms with van der Waals surface area (Å²) in [6, 6.07) is 10.8. The van der Waals surface area contributed by atoms with Crippen molar-refractivity contribution in [2.75, 3.05) is 7.05 Å². The van der Waals surface area contributed by atoms with Gasteiger partial charge in [0.2, 0.25) is 0 Å². The maximum absolute atomic E-state index is 14.3. The Kier molecular flexibility index (Phi) is 3.94. The number of nitrogens with one attached hydrogen (secondary N) is 1. The van der Waals surface area contributed by atoms with Crippen molar-refractivity contribution in [3.8, 4) is 0 Å². The molecule has 5 heteroatoms. The monoisotopic (exact) mass is 345 g/mol. The lowest BCUT2D eigenvalue weighted by molar-refractivity contribution is 0.571. The van der Waals surface area contributed by atoms with Gasteiger partial charge in [-0.05, 0) is 46.7 Å². The molecule has 106 valence electrons. The van der Waals surface area contributed by atoms with Crippen LogP contribution in [-0.2, 0) is 0 Å². The van der Waals surface area contributed by atoms with E-state index in [0.717, 1.165) is 16.6 Å². The fourth-order valence-corrected chi connectivity index (χ4v) is 2.79. The van der Waals surface area contributed by atoms with Gasteiger partial charge in [0.15, 0.2) is 0 Å². The maximum Gasteiger partial charge on any atom is 0.142 e. The summed E-state index contributed by atoms with van der Waals surface area (Å²) in [6.07, 6.45) is 3.31. The molecule has 3 rings (SSSR count). The Hall–Kier alpha value is -1.85. The third-order valence-corrected chi connectivity index (χ3v) is 4.02. The van der Waals surface area contributed by atoms with Gasteiger partial charge in [-0.2, -0.15) is 0 Å². The number of hydrogen-bond acceptors (Lipinski definition) is 3. The van der Waals surface area contributed by atoms with E-state index in [1.807, 2.05) is 31.3 Å². The van der Waals surface area contributed by atoms with Crippen LogP contribution < -0.4 is 5.32 Å². The molecule has 3 nitrogen and oxygen atoms in total. The summed E-state index contributed by atoms with van der Waals surface area (Å²) in [5.41, 5.74) is 3.16. The largest absolute Gasteiger partial charge is 0.309 e. The molecule has 1 atom stereocenters. The van der Waals surface area contributed by atoms with E-state index < -0.39 is 0 Å². The highest BCUT2D eigenvalue weighted by Crippen LogP contribution is 2.29. The number of rotatable bonds is 3. The lowest BCUT2D eigenvalue weighted by Gasteiger charge is -2.18. The number of fused-ring (bicyclic) bond motifs is 1. The minimum Gasteiger partial charge on any atom is -0.309 e. The van der Waals surface area contributed by atoms with Crippen LogP contribution in [0.2, 0.25) is 0 Å². The van der Waals surface area contributed by atoms with Crippen LogP contribution in [0.25, 0.3) is 11.0 Å². The van der Waals surface area contributed by atoms with Gasteiger partial charge in [0, 0.05) is 18.0 Å². The third kappa shape index (κ3) is 2.66. The Bertz CT molecular complexity index is 791. The van der Waals surface area contributed by atoms with Gasteiger partial charge in [-0.3, -0.25) is 9.97 Å². The van der Waals surface area contributed by atoms with Crippen LogP contribution in [0.3, 0.4) is 0 Å². The van der Waals surface area contributed by atoms with Crippen molar-refractivity contribution in [3.05, 3.63) is 70.2 Å². The second kappa shape index (κ2) is 5.87. The minimum absolute atomic E-state index is 0.242. The predicted octanol–water partition coefficient (Wildman–Crippen LogP) is 3.84. The zero-order valence-corrected chi connectivity index (χ0v) is 12.9. The summed E-state index contributed by atoms with van der Waals surface area (Å²) in [5, 5.41) is 3.16. The van der Waals surface area contributed by atoms with E-state index >= 15 is 0 Å². The van der Waals surface area contributed by atoms with Gasteiger partial charge in [0.1, 0.15) is 5.82 Å². The molecule has 0 aliphatic rings. The summed E-state index contributed by atoms with van der Waals surface area (Å²) >= 11 is 3.23. The highest BCUT2D eigenvalue weighted by molar-refractivity contribution is 9.10. The molecule has 0 aliphatic carbocycles. The van der Waals surface area contributed by atoms with Gasteiger partial charge in [0.05, 0.1) is 21.5 Å². The molecule has 0 spiro atoms. The van der Waals surface area contributed by atoms with Crippen LogP contribution in [0.4, 0.5) is 4.39 Å². The zero-order chi connectivity index (χ0) is 14.8. The smallest absolute Gasteiger partial charge is 0.142 e. The summed E-state index contributed by atoms with van der Waals surface area (Å²) < 4.78 is 14.8. The van der Waals surface area contributed by atoms with Crippen LogP contribution in [0.15, 0.2) is 53.3 Å². The van der Waals surface area contributed by atoms with Crippen LogP contribution >= 0.6 is 15.9 Å². The van der Waals surface area contributed by atoms with Crippen LogP contribution in [0, 0.1) is 5.82 Å². The van der Waals surface area contributed by atoms with Gasteiger partial charge < -0.3 is 5.32 Å². The molecule has 0 saturated carbocycles. The predicted molar refractivity (Wildman–Crippen MR) is 84.5 cm³/mol. The Balaban J connectivity index is 2.11. The molecule has 21 heavy (non-hydrogen) atoms. The highest BCUT2D eigenvalue weighted by Gasteiger charge is 2.18. The number of benzene rings is 2. The number of halogens is 2. The first-order chi connectivity index (χ1) is 10.2. The topological polar surface area (TPSA) is 37.8 Å². The van der Waals surface area contributed by atoms with Crippen molar-refractivity contribution in [2.45, 2.75) is 6.04 Å². The first kappa shape index (κ1) is 14.1. The molecule has 1 heterocycles. The Morgan fingerprint density at radius 2 is 1.86 bits per heavy atom. The average Bonchev–Trinajstić information content (AvgIpc) is 2.52. The Morgan fingerprint density at radius 3 is 2.62 bits per heavy atom. The van der Waals surface area contributed by atoms with E-state index in [-0.39, 0.29) is 11.9 Å². The summed E-state index contributed by atoms with van der Waals surface area (Å²) in [7, 11) is 1.81. The zero-order valence-electron chi connectivity index (χ0n) is 11.3. The van der Waals surface area contributed by atoms with E-state index in [1.54, 1.807) is 24.5 Å². The molecule has 0 amide bonds. The van der Waals surface area contributed by atoms with E-state index in [2.05, 4.69) is 31.2 Å². The number of aromatic nitrogens is 2. The molecular weight excluding hydrogens is 333 g/mol. The normalized spacial score (nSPS) is 12.5. The molecule has 0 fully saturated rings. The first-order valence-electron chi connectivity index (χ1n) is 6.52. The Morgan fingerprint density at radius 1 is 1.10 bits per heavy atom. The van der Waals surface area contributed by atoms with E-state index in [9.17, 15) is 4.39 Å².